The molecule has 1 amide bonds. The smallest absolute Gasteiger partial charge is 0.257 e. The number of carbonyl (C=O) groups excluding carboxylic acids is 1. The number of hydrogen-bond acceptors (Lipinski definition) is 3. The molecule has 1 saturated heterocycles. The molecular formula is C14H11NO3. The van der Waals surface area contributed by atoms with E-state index in [4.69, 9.17) is 9.15 Å². The first kappa shape index (κ1) is 9.91. The number of rotatable bonds is 1. The molecule has 4 nitrogen and oxygen atoms in total. The number of benzene rings is 1. The van der Waals surface area contributed by atoms with E-state index in [1.807, 2.05) is 36.4 Å². The third kappa shape index (κ3) is 0.973. The first-order valence-electron chi connectivity index (χ1n) is 5.93. The first-order valence-corrected chi connectivity index (χ1v) is 5.93. The fourth-order valence-electron chi connectivity index (χ4n) is 2.91. The fraction of sp³-hybridized carbons (Fsp3) is 0.214. The predicted octanol–water partition coefficient (Wildman–Crippen LogP) is 1.97. The lowest BCUT2D eigenvalue weighted by molar-refractivity contribution is -0.0457. The average Bonchev–Trinajstić information content (AvgIpc) is 3.09. The highest BCUT2D eigenvalue weighted by Crippen LogP contribution is 2.47. The summed E-state index contributed by atoms with van der Waals surface area (Å²) in [7, 11) is 0. The maximum Gasteiger partial charge on any atom is 0.257 e. The van der Waals surface area contributed by atoms with Gasteiger partial charge in [-0.3, -0.25) is 9.69 Å². The van der Waals surface area contributed by atoms with Crippen molar-refractivity contribution in [2.45, 2.75) is 5.72 Å². The maximum absolute atomic E-state index is 12.4. The van der Waals surface area contributed by atoms with Crippen LogP contribution in [0.3, 0.4) is 0 Å². The standard InChI is InChI=1S/C14H11NO3/c16-13-10-4-1-2-5-11(10)14(12-6-3-8-17-12)15(13)7-9-18-14/h1-6,8H,7,9H2. The molecule has 1 unspecified atom stereocenters. The van der Waals surface area contributed by atoms with Crippen LogP contribution in [-0.4, -0.2) is 24.0 Å². The Morgan fingerprint density at radius 1 is 1.17 bits per heavy atom. The van der Waals surface area contributed by atoms with Crippen molar-refractivity contribution in [2.75, 3.05) is 13.2 Å². The SMILES string of the molecule is O=C1c2ccccc2C2(c3ccco3)OCCN12. The fourth-order valence-corrected chi connectivity index (χ4v) is 2.91. The zero-order chi connectivity index (χ0) is 12.2. The van der Waals surface area contributed by atoms with Crippen LogP contribution >= 0.6 is 0 Å². The van der Waals surface area contributed by atoms with E-state index in [0.29, 0.717) is 24.5 Å². The molecule has 0 saturated carbocycles. The minimum Gasteiger partial charge on any atom is -0.464 e. The van der Waals surface area contributed by atoms with Crippen LogP contribution in [0.25, 0.3) is 0 Å². The highest BCUT2D eigenvalue weighted by molar-refractivity contribution is 6.00. The molecule has 0 aliphatic carbocycles. The molecule has 2 aliphatic heterocycles. The van der Waals surface area contributed by atoms with Crippen LogP contribution in [0.1, 0.15) is 21.7 Å². The number of carbonyl (C=O) groups is 1. The Hall–Kier alpha value is -2.07. The second-order valence-corrected chi connectivity index (χ2v) is 4.47. The normalized spacial score (nSPS) is 25.3. The third-order valence-corrected chi connectivity index (χ3v) is 3.63. The number of furan rings is 1. The molecule has 90 valence electrons. The quantitative estimate of drug-likeness (QED) is 0.766. The Morgan fingerprint density at radius 3 is 2.89 bits per heavy atom. The lowest BCUT2D eigenvalue weighted by atomic mass is 9.99. The highest BCUT2D eigenvalue weighted by Gasteiger charge is 2.56. The van der Waals surface area contributed by atoms with E-state index < -0.39 is 5.72 Å². The molecule has 0 radical (unpaired) electrons. The third-order valence-electron chi connectivity index (χ3n) is 3.63. The zero-order valence-electron chi connectivity index (χ0n) is 9.63. The molecule has 1 fully saturated rings. The highest BCUT2D eigenvalue weighted by atomic mass is 16.5. The Bertz CT molecular complexity index is 620. The van der Waals surface area contributed by atoms with Crippen LogP contribution in [0.4, 0.5) is 0 Å². The van der Waals surface area contributed by atoms with Gasteiger partial charge in [-0.25, -0.2) is 0 Å². The Balaban J connectivity index is 2.03. The summed E-state index contributed by atoms with van der Waals surface area (Å²) in [5, 5.41) is 0. The summed E-state index contributed by atoms with van der Waals surface area (Å²) in [6.07, 6.45) is 1.61. The van der Waals surface area contributed by atoms with Gasteiger partial charge in [0, 0.05) is 17.7 Å². The molecule has 2 aromatic rings. The molecule has 1 aromatic carbocycles. The van der Waals surface area contributed by atoms with Crippen molar-refractivity contribution < 1.29 is 13.9 Å². The molecule has 0 N–H and O–H groups in total. The van der Waals surface area contributed by atoms with Crippen LogP contribution in [0, 0.1) is 0 Å². The van der Waals surface area contributed by atoms with Crippen LogP contribution in [0.2, 0.25) is 0 Å². The van der Waals surface area contributed by atoms with Crippen molar-refractivity contribution >= 4 is 5.91 Å². The van der Waals surface area contributed by atoms with E-state index in [1.54, 1.807) is 11.2 Å². The molecule has 0 bridgehead atoms. The summed E-state index contributed by atoms with van der Waals surface area (Å²) in [6.45, 7) is 1.12. The largest absolute Gasteiger partial charge is 0.464 e. The van der Waals surface area contributed by atoms with Gasteiger partial charge in [0.1, 0.15) is 0 Å². The number of nitrogens with zero attached hydrogens (tertiary/aromatic N) is 1. The van der Waals surface area contributed by atoms with E-state index in [0.717, 1.165) is 5.56 Å². The minimum atomic E-state index is -0.850. The van der Waals surface area contributed by atoms with Crippen LogP contribution < -0.4 is 0 Å². The van der Waals surface area contributed by atoms with Gasteiger partial charge >= 0.3 is 0 Å². The maximum atomic E-state index is 12.4. The Labute approximate surface area is 104 Å². The van der Waals surface area contributed by atoms with Crippen molar-refractivity contribution in [3.63, 3.8) is 0 Å². The second kappa shape index (κ2) is 3.23. The van der Waals surface area contributed by atoms with Crippen LogP contribution in [0.15, 0.2) is 47.1 Å². The number of fused-ring (bicyclic) bond motifs is 3. The second-order valence-electron chi connectivity index (χ2n) is 4.47. The first-order chi connectivity index (χ1) is 8.84. The van der Waals surface area contributed by atoms with Crippen molar-refractivity contribution in [3.05, 3.63) is 59.5 Å². The molecular weight excluding hydrogens is 230 g/mol. The molecule has 18 heavy (non-hydrogen) atoms. The molecule has 1 atom stereocenters. The van der Waals surface area contributed by atoms with Gasteiger partial charge in [0.2, 0.25) is 5.72 Å². The zero-order valence-corrected chi connectivity index (χ0v) is 9.63. The monoisotopic (exact) mass is 241 g/mol. The van der Waals surface area contributed by atoms with Crippen LogP contribution in [0.5, 0.6) is 0 Å². The van der Waals surface area contributed by atoms with Gasteiger partial charge in [-0.1, -0.05) is 18.2 Å². The molecule has 0 spiro atoms. The average molecular weight is 241 g/mol. The van der Waals surface area contributed by atoms with Gasteiger partial charge in [-0.05, 0) is 18.2 Å². The lowest BCUT2D eigenvalue weighted by Gasteiger charge is -2.29. The lowest BCUT2D eigenvalue weighted by Crippen LogP contribution is -2.40. The van der Waals surface area contributed by atoms with Gasteiger partial charge in [-0.2, -0.15) is 0 Å². The van der Waals surface area contributed by atoms with Crippen molar-refractivity contribution in [3.8, 4) is 0 Å². The number of hydrogen-bond donors (Lipinski definition) is 0. The van der Waals surface area contributed by atoms with Crippen molar-refractivity contribution in [2.24, 2.45) is 0 Å². The van der Waals surface area contributed by atoms with Crippen molar-refractivity contribution in [1.82, 2.24) is 4.90 Å². The summed E-state index contributed by atoms with van der Waals surface area (Å²) in [5.74, 6) is 0.679. The summed E-state index contributed by atoms with van der Waals surface area (Å²) < 4.78 is 11.4. The van der Waals surface area contributed by atoms with E-state index in [1.165, 1.54) is 0 Å². The van der Waals surface area contributed by atoms with Gasteiger partial charge < -0.3 is 9.15 Å². The topological polar surface area (TPSA) is 42.7 Å². The summed E-state index contributed by atoms with van der Waals surface area (Å²) in [6, 6.07) is 11.2. The summed E-state index contributed by atoms with van der Waals surface area (Å²) >= 11 is 0. The minimum absolute atomic E-state index is 0.0134. The van der Waals surface area contributed by atoms with Gasteiger partial charge in [0.25, 0.3) is 5.91 Å². The number of ether oxygens (including phenoxy) is 1. The van der Waals surface area contributed by atoms with E-state index in [-0.39, 0.29) is 5.91 Å². The van der Waals surface area contributed by atoms with E-state index in [2.05, 4.69) is 0 Å². The van der Waals surface area contributed by atoms with Crippen LogP contribution in [-0.2, 0) is 10.5 Å². The Morgan fingerprint density at radius 2 is 2.06 bits per heavy atom. The Kier molecular flexibility index (Phi) is 1.78. The molecule has 4 rings (SSSR count). The molecule has 3 heterocycles. The summed E-state index contributed by atoms with van der Waals surface area (Å²) in [5.41, 5.74) is 0.730. The predicted molar refractivity (Wildman–Crippen MR) is 62.9 cm³/mol. The number of amides is 1. The van der Waals surface area contributed by atoms with E-state index >= 15 is 0 Å². The molecule has 1 aromatic heterocycles. The van der Waals surface area contributed by atoms with E-state index in [9.17, 15) is 4.79 Å². The van der Waals surface area contributed by atoms with Gasteiger partial charge in [0.05, 0.1) is 12.9 Å². The summed E-state index contributed by atoms with van der Waals surface area (Å²) in [4.78, 5) is 14.1. The van der Waals surface area contributed by atoms with Gasteiger partial charge in [-0.15, -0.1) is 0 Å². The van der Waals surface area contributed by atoms with Crippen molar-refractivity contribution in [1.29, 1.82) is 0 Å². The molecule has 4 heteroatoms. The van der Waals surface area contributed by atoms with Gasteiger partial charge in [0.15, 0.2) is 5.76 Å². The molecule has 2 aliphatic rings.